The van der Waals surface area contributed by atoms with Crippen LogP contribution in [0.25, 0.3) is 45.5 Å². The van der Waals surface area contributed by atoms with Gasteiger partial charge in [-0.2, -0.15) is 0 Å². The quantitative estimate of drug-likeness (QED) is 0.150. The normalized spacial score (nSPS) is 16.9. The SMILES string of the molecule is CC1=Cc2c(-c3ccccc3)cc(-c3ccccc3)cc2[CH]1[Zr]([CH3])([CH3])(=[SiH2])[CH]1C(C(C)C)=Cc2c(-c3ccc(C(C)(C)C)cc3)cccc21.Cl.Cl. The van der Waals surface area contributed by atoms with Gasteiger partial charge in [0.2, 0.25) is 0 Å². The molecule has 0 N–H and O–H groups in total. The molecule has 0 aromatic heterocycles. The Labute approximate surface area is 315 Å². The van der Waals surface area contributed by atoms with Crippen molar-refractivity contribution in [1.82, 2.24) is 0 Å². The van der Waals surface area contributed by atoms with Gasteiger partial charge >= 0.3 is 293 Å². The van der Waals surface area contributed by atoms with Crippen LogP contribution < -0.4 is 0 Å². The summed E-state index contributed by atoms with van der Waals surface area (Å²) in [4.78, 5) is 0. The van der Waals surface area contributed by atoms with E-state index in [0.717, 1.165) is 0 Å². The molecule has 2 aliphatic carbocycles. The Morgan fingerprint density at radius 3 is 1.72 bits per heavy atom. The largest absolute Gasteiger partial charge is 0.147 e. The second-order valence-corrected chi connectivity index (χ2v) is 47.4. The molecule has 0 aliphatic heterocycles. The zero-order chi connectivity index (χ0) is 34.0. The van der Waals surface area contributed by atoms with E-state index in [2.05, 4.69) is 185 Å². The summed E-state index contributed by atoms with van der Waals surface area (Å²) in [5.74, 6) is 0.483. The van der Waals surface area contributed by atoms with Gasteiger partial charge in [-0.15, -0.1) is 24.8 Å². The van der Waals surface area contributed by atoms with Gasteiger partial charge in [-0.3, -0.25) is 0 Å². The first-order chi connectivity index (χ1) is 22.7. The Hall–Kier alpha value is -2.74. The zero-order valence-electron chi connectivity index (χ0n) is 30.9. The summed E-state index contributed by atoms with van der Waals surface area (Å²) in [6, 6.07) is 43.5. The molecular formula is C46H52Cl2SiZr. The summed E-state index contributed by atoms with van der Waals surface area (Å²) in [5.41, 5.74) is 18.7. The fourth-order valence-electron chi connectivity index (χ4n) is 9.10. The molecule has 0 radical (unpaired) electrons. The monoisotopic (exact) mass is 792 g/mol. The van der Waals surface area contributed by atoms with Crippen molar-refractivity contribution in [3.8, 4) is 33.4 Å². The zero-order valence-corrected chi connectivity index (χ0v) is 36.4. The molecular weight excluding hydrogens is 743 g/mol. The van der Waals surface area contributed by atoms with Crippen molar-refractivity contribution in [2.45, 2.75) is 63.5 Å². The third-order valence-corrected chi connectivity index (χ3v) is 28.9. The van der Waals surface area contributed by atoms with Gasteiger partial charge in [0, 0.05) is 0 Å². The van der Waals surface area contributed by atoms with Crippen molar-refractivity contribution in [3.63, 3.8) is 0 Å². The number of benzene rings is 5. The van der Waals surface area contributed by atoms with Crippen molar-refractivity contribution in [3.05, 3.63) is 154 Å². The van der Waals surface area contributed by atoms with Crippen LogP contribution in [0.1, 0.15) is 76.6 Å². The van der Waals surface area contributed by atoms with Crippen LogP contribution in [-0.4, -0.2) is 6.88 Å². The van der Waals surface area contributed by atoms with Crippen LogP contribution in [0.3, 0.4) is 0 Å². The van der Waals surface area contributed by atoms with Crippen LogP contribution in [-0.2, 0) is 22.8 Å². The smallest absolute Gasteiger partial charge is 0.147 e. The summed E-state index contributed by atoms with van der Waals surface area (Å²) in [6.45, 7) is 16.6. The summed E-state index contributed by atoms with van der Waals surface area (Å²) in [5, 5.41) is 0. The number of rotatable bonds is 6. The second kappa shape index (κ2) is 14.0. The van der Waals surface area contributed by atoms with Gasteiger partial charge < -0.3 is 0 Å². The molecule has 0 fully saturated rings. The van der Waals surface area contributed by atoms with E-state index in [1.807, 2.05) is 0 Å². The average molecular weight is 795 g/mol. The average Bonchev–Trinajstić information content (AvgIpc) is 3.64. The van der Waals surface area contributed by atoms with Crippen LogP contribution in [0.15, 0.2) is 126 Å². The molecule has 0 bridgehead atoms. The summed E-state index contributed by atoms with van der Waals surface area (Å²) in [7, 11) is 0. The van der Waals surface area contributed by atoms with Gasteiger partial charge in [-0.05, 0) is 0 Å². The van der Waals surface area contributed by atoms with E-state index in [1.54, 1.807) is 22.3 Å². The molecule has 0 spiro atoms. The molecule has 4 heteroatoms. The number of allylic oxidation sites excluding steroid dienone is 2. The molecule has 0 nitrogen and oxygen atoms in total. The Balaban J connectivity index is 0.00000243. The number of hydrogen-bond acceptors (Lipinski definition) is 0. The van der Waals surface area contributed by atoms with Gasteiger partial charge in [-0.1, -0.05) is 0 Å². The molecule has 0 saturated carbocycles. The molecule has 2 atom stereocenters. The van der Waals surface area contributed by atoms with Crippen molar-refractivity contribution in [2.75, 3.05) is 0 Å². The number of hydrogen-bond donors (Lipinski definition) is 0. The van der Waals surface area contributed by atoms with Gasteiger partial charge in [0.15, 0.2) is 0 Å². The Bertz CT molecular complexity index is 2160. The van der Waals surface area contributed by atoms with E-state index < -0.39 is 17.4 Å². The molecule has 5 aromatic carbocycles. The molecule has 2 unspecified atom stereocenters. The fourth-order valence-corrected chi connectivity index (χ4v) is 29.6. The van der Waals surface area contributed by atoms with E-state index in [0.29, 0.717) is 13.2 Å². The Morgan fingerprint density at radius 1 is 0.580 bits per heavy atom. The van der Waals surface area contributed by atoms with Crippen LogP contribution in [0.4, 0.5) is 0 Å². The Kier molecular flexibility index (Phi) is 10.8. The van der Waals surface area contributed by atoms with E-state index in [9.17, 15) is 0 Å². The molecule has 0 heterocycles. The first kappa shape index (κ1) is 38.5. The predicted octanol–water partition coefficient (Wildman–Crippen LogP) is 13.4. The van der Waals surface area contributed by atoms with Crippen LogP contribution in [0.2, 0.25) is 9.26 Å². The van der Waals surface area contributed by atoms with E-state index in [-0.39, 0.29) is 30.2 Å². The topological polar surface area (TPSA) is 0 Å². The maximum Gasteiger partial charge on any atom is -0.147 e. The maximum absolute atomic E-state index is 3.78. The molecule has 5 aromatic rings. The van der Waals surface area contributed by atoms with Crippen molar-refractivity contribution < 1.29 is 17.4 Å². The van der Waals surface area contributed by atoms with E-state index in [1.165, 1.54) is 50.1 Å². The van der Waals surface area contributed by atoms with Gasteiger partial charge in [0.25, 0.3) is 0 Å². The maximum atomic E-state index is 2.77. The number of halogens is 2. The summed E-state index contributed by atoms with van der Waals surface area (Å²) < 4.78 is 6.48. The van der Waals surface area contributed by atoms with Gasteiger partial charge in [-0.25, -0.2) is 0 Å². The van der Waals surface area contributed by atoms with E-state index in [4.69, 9.17) is 0 Å². The van der Waals surface area contributed by atoms with Crippen LogP contribution in [0, 0.1) is 5.92 Å². The van der Waals surface area contributed by atoms with Crippen LogP contribution in [0.5, 0.6) is 0 Å². The third kappa shape index (κ3) is 6.67. The second-order valence-electron chi connectivity index (χ2n) is 16.9. The number of fused-ring (bicyclic) bond motifs is 2. The molecule has 258 valence electrons. The van der Waals surface area contributed by atoms with Crippen molar-refractivity contribution in [2.24, 2.45) is 5.92 Å². The minimum absolute atomic E-state index is 0. The molecule has 50 heavy (non-hydrogen) atoms. The summed E-state index contributed by atoms with van der Waals surface area (Å²) in [6.07, 6.45) is 5.16. The minimum atomic E-state index is -3.78. The van der Waals surface area contributed by atoms with Gasteiger partial charge in [0.05, 0.1) is 0 Å². The molecule has 0 amide bonds. The standard InChI is InChI=1S/C22H17.C22H25.2CH3.2ClH.H2Si.Zr/c1-16-12-20-14-19(17-8-4-2-5-9-17)15-22(21(20)13-16)18-10-6-3-7-11-18;1-15(2)18-13-17-7-6-8-20(21(17)14-18)16-9-11-19(12-10-16)22(3,4)5;;;;;;/h2-15H,1H3;6-15H,1-5H3;2*1H3;2*1H;1H2;. The van der Waals surface area contributed by atoms with Gasteiger partial charge in [0.1, 0.15) is 0 Å². The van der Waals surface area contributed by atoms with E-state index >= 15 is 0 Å². The van der Waals surface area contributed by atoms with Crippen LogP contribution >= 0.6 is 24.8 Å². The fraction of sp³-hybridized carbons (Fsp3) is 0.261. The minimum Gasteiger partial charge on any atom is -0.147 e. The van der Waals surface area contributed by atoms with Crippen molar-refractivity contribution >= 4 is 43.8 Å². The first-order valence-electron chi connectivity index (χ1n) is 17.7. The first-order valence-corrected chi connectivity index (χ1v) is 31.4. The van der Waals surface area contributed by atoms with Crippen molar-refractivity contribution in [1.29, 1.82) is 0 Å². The predicted molar refractivity (Wildman–Crippen MR) is 225 cm³/mol. The summed E-state index contributed by atoms with van der Waals surface area (Å²) >= 11 is -3.78. The Morgan fingerprint density at radius 2 is 1.14 bits per heavy atom. The molecule has 0 saturated heterocycles. The third-order valence-electron chi connectivity index (χ3n) is 11.3. The molecule has 2 aliphatic rings. The molecule has 7 rings (SSSR count).